The molecule has 0 aliphatic carbocycles. The lowest BCUT2D eigenvalue weighted by molar-refractivity contribution is 0.121. The van der Waals surface area contributed by atoms with Crippen molar-refractivity contribution < 1.29 is 13.9 Å². The molecule has 0 atom stereocenters. The summed E-state index contributed by atoms with van der Waals surface area (Å²) in [7, 11) is 0. The second-order valence-electron chi connectivity index (χ2n) is 10.4. The lowest BCUT2D eigenvalue weighted by atomic mass is 10.1. The van der Waals surface area contributed by atoms with Crippen LogP contribution in [-0.2, 0) is 9.47 Å². The van der Waals surface area contributed by atoms with Crippen LogP contribution in [0.25, 0.3) is 38.2 Å². The summed E-state index contributed by atoms with van der Waals surface area (Å²) in [5, 5.41) is 4.76. The van der Waals surface area contributed by atoms with E-state index in [-0.39, 0.29) is 11.0 Å². The molecule has 3 aromatic heterocycles. The Bertz CT molecular complexity index is 1880. The van der Waals surface area contributed by atoms with Crippen LogP contribution in [-0.4, -0.2) is 62.0 Å². The molecule has 0 unspecified atom stereocenters. The minimum Gasteiger partial charge on any atom is -0.440 e. The number of rotatable bonds is 2. The summed E-state index contributed by atoms with van der Waals surface area (Å²) in [5.74, 6) is 1.37. The van der Waals surface area contributed by atoms with Gasteiger partial charge in [-0.05, 0) is 22.9 Å². The van der Waals surface area contributed by atoms with E-state index in [1.165, 1.54) is 0 Å². The molecule has 9 nitrogen and oxygen atoms in total. The minimum absolute atomic E-state index is 0.00324. The van der Waals surface area contributed by atoms with E-state index in [9.17, 15) is 9.59 Å². The van der Waals surface area contributed by atoms with Gasteiger partial charge in [0.05, 0.1) is 31.8 Å². The standard InChI is InChI=1S/C17H15NO3.C16H15N3O2/c19-15-11-16(18-7-9-20-10-8-18)21-17-13-4-2-1-3-12(13)5-6-14(15)17;20-15-11-14(18-7-9-21-10-8-18)17-16-13-4-2-1-3-12(13)5-6-19(15)16/h2*1-6,11H,7-10H2. The van der Waals surface area contributed by atoms with Crippen molar-refractivity contribution in [2.75, 3.05) is 62.4 Å². The van der Waals surface area contributed by atoms with Gasteiger partial charge in [-0.1, -0.05) is 54.6 Å². The highest BCUT2D eigenvalue weighted by Gasteiger charge is 2.17. The molecule has 0 amide bonds. The van der Waals surface area contributed by atoms with Gasteiger partial charge < -0.3 is 23.7 Å². The van der Waals surface area contributed by atoms with Crippen LogP contribution in [0.4, 0.5) is 11.7 Å². The van der Waals surface area contributed by atoms with Crippen molar-refractivity contribution in [2.24, 2.45) is 0 Å². The molecule has 2 fully saturated rings. The van der Waals surface area contributed by atoms with Crippen LogP contribution < -0.4 is 20.8 Å². The van der Waals surface area contributed by atoms with Gasteiger partial charge in [-0.15, -0.1) is 0 Å². The molecule has 5 heterocycles. The second-order valence-corrected chi connectivity index (χ2v) is 10.4. The van der Waals surface area contributed by atoms with Gasteiger partial charge in [-0.3, -0.25) is 14.0 Å². The molecule has 2 aliphatic rings. The number of pyridine rings is 1. The normalized spacial score (nSPS) is 15.7. The number of benzene rings is 3. The number of anilines is 2. The van der Waals surface area contributed by atoms with Gasteiger partial charge in [-0.2, -0.15) is 0 Å². The van der Waals surface area contributed by atoms with E-state index in [0.29, 0.717) is 48.9 Å². The molecule has 3 aromatic carbocycles. The lowest BCUT2D eigenvalue weighted by Crippen LogP contribution is -2.37. The minimum atomic E-state index is -0.0488. The maximum Gasteiger partial charge on any atom is 0.259 e. The molecule has 2 saturated heterocycles. The smallest absolute Gasteiger partial charge is 0.259 e. The first-order chi connectivity index (χ1) is 20.7. The lowest BCUT2D eigenvalue weighted by Gasteiger charge is -2.27. The molecule has 0 spiro atoms. The highest BCUT2D eigenvalue weighted by molar-refractivity contribution is 6.04. The van der Waals surface area contributed by atoms with Crippen LogP contribution in [0.3, 0.4) is 0 Å². The molecule has 0 N–H and O–H groups in total. The summed E-state index contributed by atoms with van der Waals surface area (Å²) in [6, 6.07) is 24.9. The second kappa shape index (κ2) is 11.3. The fraction of sp³-hybridized carbons (Fsp3) is 0.242. The zero-order valence-corrected chi connectivity index (χ0v) is 23.1. The number of nitrogens with zero attached hydrogens (tertiary/aromatic N) is 4. The largest absolute Gasteiger partial charge is 0.440 e. The van der Waals surface area contributed by atoms with Crippen molar-refractivity contribution in [3.8, 4) is 0 Å². The Hall–Kier alpha value is -4.73. The molecule has 8 rings (SSSR count). The Morgan fingerprint density at radius 2 is 1.29 bits per heavy atom. The van der Waals surface area contributed by atoms with Crippen molar-refractivity contribution in [1.29, 1.82) is 0 Å². The Morgan fingerprint density at radius 3 is 2.02 bits per heavy atom. The third-order valence-electron chi connectivity index (χ3n) is 7.81. The van der Waals surface area contributed by atoms with Crippen LogP contribution in [0.5, 0.6) is 0 Å². The zero-order chi connectivity index (χ0) is 28.5. The van der Waals surface area contributed by atoms with Gasteiger partial charge in [0.25, 0.3) is 5.56 Å². The fourth-order valence-electron chi connectivity index (χ4n) is 5.58. The summed E-state index contributed by atoms with van der Waals surface area (Å²) in [5.41, 5.74) is 1.33. The molecule has 0 radical (unpaired) electrons. The number of aromatic nitrogens is 2. The van der Waals surface area contributed by atoms with Gasteiger partial charge in [0, 0.05) is 55.3 Å². The van der Waals surface area contributed by atoms with Gasteiger partial charge >= 0.3 is 0 Å². The Kier molecular flexibility index (Phi) is 7.03. The van der Waals surface area contributed by atoms with Crippen molar-refractivity contribution in [3.63, 3.8) is 0 Å². The molecule has 0 saturated carbocycles. The number of ether oxygens (including phenoxy) is 2. The molecule has 42 heavy (non-hydrogen) atoms. The predicted molar refractivity (Wildman–Crippen MR) is 165 cm³/mol. The van der Waals surface area contributed by atoms with E-state index in [4.69, 9.17) is 18.9 Å². The number of morpholine rings is 2. The monoisotopic (exact) mass is 562 g/mol. The van der Waals surface area contributed by atoms with E-state index >= 15 is 0 Å². The SMILES string of the molecule is O=c1cc(N2CCOCC2)nc2c3ccccc3ccn12.O=c1cc(N2CCOCC2)oc2c1ccc1ccccc12. The average Bonchev–Trinajstić information content (AvgIpc) is 3.05. The summed E-state index contributed by atoms with van der Waals surface area (Å²) < 4.78 is 18.4. The Morgan fingerprint density at radius 1 is 0.643 bits per heavy atom. The van der Waals surface area contributed by atoms with Crippen LogP contribution in [0.2, 0.25) is 0 Å². The van der Waals surface area contributed by atoms with E-state index in [1.54, 1.807) is 22.7 Å². The zero-order valence-electron chi connectivity index (χ0n) is 23.1. The quantitative estimate of drug-likeness (QED) is 0.286. The first-order valence-electron chi connectivity index (χ1n) is 14.2. The summed E-state index contributed by atoms with van der Waals surface area (Å²) >= 11 is 0. The first kappa shape index (κ1) is 26.2. The Labute approximate surface area is 241 Å². The summed E-state index contributed by atoms with van der Waals surface area (Å²) in [6.07, 6.45) is 1.79. The molecule has 212 valence electrons. The van der Waals surface area contributed by atoms with Crippen LogP contribution in [0.15, 0.2) is 99.1 Å². The summed E-state index contributed by atoms with van der Waals surface area (Å²) in [4.78, 5) is 33.6. The summed E-state index contributed by atoms with van der Waals surface area (Å²) in [6.45, 7) is 5.72. The van der Waals surface area contributed by atoms with Crippen molar-refractivity contribution in [2.45, 2.75) is 0 Å². The highest BCUT2D eigenvalue weighted by Crippen LogP contribution is 2.27. The molecule has 9 heteroatoms. The fourth-order valence-corrected chi connectivity index (χ4v) is 5.58. The number of hydrogen-bond donors (Lipinski definition) is 0. The first-order valence-corrected chi connectivity index (χ1v) is 14.2. The number of fused-ring (bicyclic) bond motifs is 6. The highest BCUT2D eigenvalue weighted by atomic mass is 16.5. The van der Waals surface area contributed by atoms with Gasteiger partial charge in [-0.25, -0.2) is 4.98 Å². The van der Waals surface area contributed by atoms with Gasteiger partial charge in [0.2, 0.25) is 0 Å². The molecule has 2 aliphatic heterocycles. The maximum atomic E-state index is 12.4. The van der Waals surface area contributed by atoms with Crippen LogP contribution in [0.1, 0.15) is 0 Å². The van der Waals surface area contributed by atoms with E-state index in [1.807, 2.05) is 66.7 Å². The topological polar surface area (TPSA) is 89.5 Å². The maximum absolute atomic E-state index is 12.4. The molecule has 6 aromatic rings. The number of hydrogen-bond acceptors (Lipinski definition) is 8. The average molecular weight is 563 g/mol. The van der Waals surface area contributed by atoms with Crippen molar-refractivity contribution in [3.05, 3.63) is 106 Å². The van der Waals surface area contributed by atoms with Gasteiger partial charge in [0.1, 0.15) is 17.0 Å². The third kappa shape index (κ3) is 4.97. The van der Waals surface area contributed by atoms with Gasteiger partial charge in [0.15, 0.2) is 11.3 Å². The predicted octanol–water partition coefficient (Wildman–Crippen LogP) is 4.47. The Balaban J connectivity index is 0.000000137. The molecular formula is C33H30N4O5. The molecule has 0 bridgehead atoms. The van der Waals surface area contributed by atoms with Crippen molar-refractivity contribution in [1.82, 2.24) is 9.38 Å². The van der Waals surface area contributed by atoms with E-state index in [2.05, 4.69) is 9.80 Å². The van der Waals surface area contributed by atoms with E-state index < -0.39 is 0 Å². The molecular weight excluding hydrogens is 532 g/mol. The van der Waals surface area contributed by atoms with Crippen LogP contribution in [0, 0.1) is 0 Å². The van der Waals surface area contributed by atoms with Crippen LogP contribution >= 0.6 is 0 Å². The van der Waals surface area contributed by atoms with E-state index in [0.717, 1.165) is 53.5 Å². The van der Waals surface area contributed by atoms with Crippen molar-refractivity contribution >= 4 is 49.9 Å². The third-order valence-corrected chi connectivity index (χ3v) is 7.81.